The normalized spacial score (nSPS) is 24.0. The highest BCUT2D eigenvalue weighted by Crippen LogP contribution is 2.43. The van der Waals surface area contributed by atoms with Gasteiger partial charge in [0, 0.05) is 37.4 Å². The van der Waals surface area contributed by atoms with Crippen molar-refractivity contribution in [2.45, 2.75) is 18.9 Å². The summed E-state index contributed by atoms with van der Waals surface area (Å²) in [5.41, 5.74) is 8.81. The van der Waals surface area contributed by atoms with Crippen LogP contribution < -0.4 is 5.73 Å². The maximum Gasteiger partial charge on any atom is 0.152 e. The minimum absolute atomic E-state index is 0.205. The summed E-state index contributed by atoms with van der Waals surface area (Å²) in [5.74, 6) is 1.74. The van der Waals surface area contributed by atoms with E-state index in [1.807, 2.05) is 12.1 Å². The van der Waals surface area contributed by atoms with E-state index in [9.17, 15) is 13.5 Å². The monoisotopic (exact) mass is 427 g/mol. The van der Waals surface area contributed by atoms with E-state index in [1.165, 1.54) is 6.33 Å². The fourth-order valence-corrected chi connectivity index (χ4v) is 5.93. The number of nitrogens with two attached hydrogens (primary N) is 1. The second kappa shape index (κ2) is 7.24. The molecular formula is C21H25N5O3S. The first-order chi connectivity index (χ1) is 14.4. The molecule has 3 heterocycles. The Morgan fingerprint density at radius 3 is 2.67 bits per heavy atom. The second-order valence-corrected chi connectivity index (χ2v) is 10.7. The number of phenols is 1. The fraction of sp³-hybridized carbons (Fsp3) is 0.429. The van der Waals surface area contributed by atoms with Gasteiger partial charge in [-0.15, -0.1) is 0 Å². The van der Waals surface area contributed by atoms with Crippen molar-refractivity contribution in [1.29, 1.82) is 0 Å². The summed E-state index contributed by atoms with van der Waals surface area (Å²) in [5, 5.41) is 10.7. The lowest BCUT2D eigenvalue weighted by molar-refractivity contribution is 0.136. The number of sulfone groups is 1. The van der Waals surface area contributed by atoms with E-state index >= 15 is 0 Å². The van der Waals surface area contributed by atoms with Crippen LogP contribution in [0.5, 0.6) is 5.75 Å². The largest absolute Gasteiger partial charge is 0.508 e. The molecule has 0 atom stereocenters. The number of hydrogen-bond acceptors (Lipinski definition) is 7. The van der Waals surface area contributed by atoms with Gasteiger partial charge in [-0.25, -0.2) is 18.4 Å². The van der Waals surface area contributed by atoms with Crippen molar-refractivity contribution >= 4 is 26.7 Å². The van der Waals surface area contributed by atoms with Crippen LogP contribution in [0, 0.1) is 5.92 Å². The summed E-state index contributed by atoms with van der Waals surface area (Å²) in [6.07, 6.45) is 5.61. The van der Waals surface area contributed by atoms with E-state index < -0.39 is 9.84 Å². The SMILES string of the molecule is Nc1ncnc2c1c(-c1cccc(O)c1)cn2[C@H]1C[C@@H](CN2CCS(=O)(=O)CC2)C1. The number of aromatic nitrogens is 3. The van der Waals surface area contributed by atoms with Crippen molar-refractivity contribution in [1.82, 2.24) is 19.4 Å². The summed E-state index contributed by atoms with van der Waals surface area (Å²) in [4.78, 5) is 10.9. The van der Waals surface area contributed by atoms with Crippen LogP contribution in [0.2, 0.25) is 0 Å². The molecule has 2 fully saturated rings. The van der Waals surface area contributed by atoms with Gasteiger partial charge in [0.1, 0.15) is 23.5 Å². The lowest BCUT2D eigenvalue weighted by Gasteiger charge is -2.40. The van der Waals surface area contributed by atoms with Crippen LogP contribution in [-0.2, 0) is 9.84 Å². The molecule has 3 aromatic rings. The molecule has 2 aromatic heterocycles. The van der Waals surface area contributed by atoms with Crippen LogP contribution in [0.15, 0.2) is 36.8 Å². The van der Waals surface area contributed by atoms with Gasteiger partial charge in [0.25, 0.3) is 0 Å². The van der Waals surface area contributed by atoms with Crippen LogP contribution in [0.1, 0.15) is 18.9 Å². The zero-order chi connectivity index (χ0) is 20.9. The summed E-state index contributed by atoms with van der Waals surface area (Å²) in [6.45, 7) is 2.23. The molecule has 30 heavy (non-hydrogen) atoms. The Morgan fingerprint density at radius 2 is 1.93 bits per heavy atom. The summed E-state index contributed by atoms with van der Waals surface area (Å²) in [6, 6.07) is 7.45. The van der Waals surface area contributed by atoms with Gasteiger partial charge in [0.15, 0.2) is 9.84 Å². The number of rotatable bonds is 4. The molecule has 0 radical (unpaired) electrons. The van der Waals surface area contributed by atoms with Crippen LogP contribution in [0.3, 0.4) is 0 Å². The number of fused-ring (bicyclic) bond motifs is 1. The standard InChI is InChI=1S/C21H25N5O3S/c22-20-19-18(15-2-1-3-17(27)10-15)12-26(21(19)24-13-23-20)16-8-14(9-16)11-25-4-6-30(28,29)7-5-25/h1-3,10,12-14,16,27H,4-9,11H2,(H2,22,23,24)/t14-,16+. The first kappa shape index (κ1) is 19.3. The predicted octanol–water partition coefficient (Wildman–Crippen LogP) is 2.07. The number of anilines is 1. The molecule has 0 bridgehead atoms. The summed E-state index contributed by atoms with van der Waals surface area (Å²) >= 11 is 0. The van der Waals surface area contributed by atoms with Crippen LogP contribution in [-0.4, -0.2) is 64.1 Å². The number of nitrogens with zero attached hydrogens (tertiary/aromatic N) is 4. The van der Waals surface area contributed by atoms with Crippen molar-refractivity contribution in [3.63, 3.8) is 0 Å². The maximum absolute atomic E-state index is 11.6. The number of benzene rings is 1. The third-order valence-electron chi connectivity index (χ3n) is 6.35. The summed E-state index contributed by atoms with van der Waals surface area (Å²) < 4.78 is 25.4. The van der Waals surface area contributed by atoms with Gasteiger partial charge in [-0.1, -0.05) is 12.1 Å². The first-order valence-corrected chi connectivity index (χ1v) is 12.0. The average Bonchev–Trinajstić information content (AvgIpc) is 3.06. The third-order valence-corrected chi connectivity index (χ3v) is 7.96. The molecule has 0 amide bonds. The zero-order valence-electron chi connectivity index (χ0n) is 16.6. The maximum atomic E-state index is 11.6. The molecule has 9 heteroatoms. The Labute approximate surface area is 175 Å². The highest BCUT2D eigenvalue weighted by molar-refractivity contribution is 7.91. The molecule has 0 unspecified atom stereocenters. The number of phenolic OH excluding ortho intramolecular Hbond substituents is 1. The topological polar surface area (TPSA) is 114 Å². The molecule has 5 rings (SSSR count). The molecule has 1 aromatic carbocycles. The molecule has 1 aliphatic heterocycles. The van der Waals surface area contributed by atoms with Crippen molar-refractivity contribution in [3.05, 3.63) is 36.8 Å². The Bertz CT molecular complexity index is 1190. The highest BCUT2D eigenvalue weighted by atomic mass is 32.2. The fourth-order valence-electron chi connectivity index (χ4n) is 4.65. The minimum Gasteiger partial charge on any atom is -0.508 e. The van der Waals surface area contributed by atoms with Crippen molar-refractivity contribution in [2.24, 2.45) is 5.92 Å². The van der Waals surface area contributed by atoms with E-state index in [2.05, 4.69) is 25.6 Å². The smallest absolute Gasteiger partial charge is 0.152 e. The molecule has 158 valence electrons. The molecule has 3 N–H and O–H groups in total. The number of nitrogen functional groups attached to an aromatic ring is 1. The van der Waals surface area contributed by atoms with E-state index in [0.717, 1.165) is 41.5 Å². The van der Waals surface area contributed by atoms with Gasteiger partial charge < -0.3 is 20.3 Å². The van der Waals surface area contributed by atoms with Gasteiger partial charge in [-0.2, -0.15) is 0 Å². The summed E-state index contributed by atoms with van der Waals surface area (Å²) in [7, 11) is -2.84. The Morgan fingerprint density at radius 1 is 1.17 bits per heavy atom. The number of aromatic hydroxyl groups is 1. The second-order valence-electron chi connectivity index (χ2n) is 8.40. The molecule has 1 aliphatic carbocycles. The molecule has 8 nitrogen and oxygen atoms in total. The molecule has 1 saturated heterocycles. The van der Waals surface area contributed by atoms with Crippen LogP contribution >= 0.6 is 0 Å². The lowest BCUT2D eigenvalue weighted by atomic mass is 9.79. The van der Waals surface area contributed by atoms with E-state index in [-0.39, 0.29) is 17.3 Å². The van der Waals surface area contributed by atoms with Gasteiger partial charge in [0.05, 0.1) is 16.9 Å². The Balaban J connectivity index is 1.37. The van der Waals surface area contributed by atoms with Gasteiger partial charge in [-0.05, 0) is 36.5 Å². The van der Waals surface area contributed by atoms with Crippen molar-refractivity contribution in [3.8, 4) is 16.9 Å². The average molecular weight is 428 g/mol. The van der Waals surface area contributed by atoms with Crippen molar-refractivity contribution < 1.29 is 13.5 Å². The third kappa shape index (κ3) is 3.52. The van der Waals surface area contributed by atoms with Gasteiger partial charge >= 0.3 is 0 Å². The van der Waals surface area contributed by atoms with E-state index in [4.69, 9.17) is 5.73 Å². The zero-order valence-corrected chi connectivity index (χ0v) is 17.4. The quantitative estimate of drug-likeness (QED) is 0.655. The van der Waals surface area contributed by atoms with Crippen LogP contribution in [0.4, 0.5) is 5.82 Å². The van der Waals surface area contributed by atoms with Crippen molar-refractivity contribution in [2.75, 3.05) is 36.9 Å². The lowest BCUT2D eigenvalue weighted by Crippen LogP contribution is -2.44. The number of hydrogen-bond donors (Lipinski definition) is 2. The highest BCUT2D eigenvalue weighted by Gasteiger charge is 2.34. The molecule has 0 spiro atoms. The Kier molecular flexibility index (Phi) is 4.67. The molecule has 1 saturated carbocycles. The Hall–Kier alpha value is -2.65. The van der Waals surface area contributed by atoms with E-state index in [0.29, 0.717) is 30.9 Å². The van der Waals surface area contributed by atoms with Crippen LogP contribution in [0.25, 0.3) is 22.2 Å². The minimum atomic E-state index is -2.84. The molecular weight excluding hydrogens is 402 g/mol. The van der Waals surface area contributed by atoms with Gasteiger partial charge in [-0.3, -0.25) is 0 Å². The van der Waals surface area contributed by atoms with Gasteiger partial charge in [0.2, 0.25) is 0 Å². The first-order valence-electron chi connectivity index (χ1n) is 10.2. The molecule has 2 aliphatic rings. The predicted molar refractivity (Wildman–Crippen MR) is 116 cm³/mol. The van der Waals surface area contributed by atoms with E-state index in [1.54, 1.807) is 12.1 Å².